The van der Waals surface area contributed by atoms with Gasteiger partial charge in [0.1, 0.15) is 5.75 Å². The molecular weight excluding hydrogens is 232 g/mol. The number of carbonyl (C=O) groups is 1. The molecule has 0 unspecified atom stereocenters. The summed E-state index contributed by atoms with van der Waals surface area (Å²) in [4.78, 5) is 11.1. The van der Waals surface area contributed by atoms with Gasteiger partial charge in [0, 0.05) is 12.1 Å². The summed E-state index contributed by atoms with van der Waals surface area (Å²) in [6.07, 6.45) is 2.39. The van der Waals surface area contributed by atoms with E-state index in [4.69, 9.17) is 15.2 Å². The molecule has 1 aromatic carbocycles. The Morgan fingerprint density at radius 3 is 2.89 bits per heavy atom. The van der Waals surface area contributed by atoms with E-state index in [1.807, 2.05) is 6.07 Å². The van der Waals surface area contributed by atoms with E-state index in [1.165, 1.54) is 12.8 Å². The number of benzene rings is 1. The summed E-state index contributed by atoms with van der Waals surface area (Å²) in [6.45, 7) is 2.02. The molecule has 0 saturated heterocycles. The molecule has 0 spiro atoms. The van der Waals surface area contributed by atoms with Crippen molar-refractivity contribution in [2.45, 2.75) is 25.8 Å². The van der Waals surface area contributed by atoms with Crippen molar-refractivity contribution in [3.63, 3.8) is 0 Å². The van der Waals surface area contributed by atoms with Gasteiger partial charge in [-0.3, -0.25) is 0 Å². The van der Waals surface area contributed by atoms with E-state index < -0.39 is 0 Å². The Kier molecular flexibility index (Phi) is 3.92. The van der Waals surface area contributed by atoms with Gasteiger partial charge in [-0.1, -0.05) is 0 Å². The third kappa shape index (κ3) is 3.55. The molecule has 5 nitrogen and oxygen atoms in total. The summed E-state index contributed by atoms with van der Waals surface area (Å²) in [7, 11) is 0. The van der Waals surface area contributed by atoms with Crippen LogP contribution in [0.1, 0.15) is 19.8 Å². The van der Waals surface area contributed by atoms with Gasteiger partial charge in [0.05, 0.1) is 18.0 Å². The Morgan fingerprint density at radius 1 is 1.50 bits per heavy atom. The maximum atomic E-state index is 11.1. The summed E-state index contributed by atoms with van der Waals surface area (Å²) < 4.78 is 10.1. The molecule has 0 heterocycles. The molecule has 98 valence electrons. The number of esters is 1. The van der Waals surface area contributed by atoms with Gasteiger partial charge in [0.2, 0.25) is 0 Å². The first-order chi connectivity index (χ1) is 8.69. The average molecular weight is 250 g/mol. The van der Waals surface area contributed by atoms with Crippen LogP contribution in [-0.4, -0.2) is 25.2 Å². The Balaban J connectivity index is 1.89. The van der Waals surface area contributed by atoms with E-state index in [0.29, 0.717) is 24.1 Å². The van der Waals surface area contributed by atoms with Gasteiger partial charge in [-0.2, -0.15) is 0 Å². The smallest absolute Gasteiger partial charge is 0.344 e. The maximum Gasteiger partial charge on any atom is 0.344 e. The topological polar surface area (TPSA) is 73.6 Å². The van der Waals surface area contributed by atoms with Gasteiger partial charge in [-0.15, -0.1) is 0 Å². The SMILES string of the molecule is CCOC(=O)COc1ccc(NC2CC2)c(N)c1. The number of nitrogen functional groups attached to an aromatic ring is 1. The van der Waals surface area contributed by atoms with Crippen molar-refractivity contribution in [1.29, 1.82) is 0 Å². The highest BCUT2D eigenvalue weighted by Gasteiger charge is 2.21. The summed E-state index contributed by atoms with van der Waals surface area (Å²) >= 11 is 0. The van der Waals surface area contributed by atoms with Crippen molar-refractivity contribution in [3.8, 4) is 5.75 Å². The van der Waals surface area contributed by atoms with E-state index in [0.717, 1.165) is 5.69 Å². The van der Waals surface area contributed by atoms with Gasteiger partial charge in [0.25, 0.3) is 0 Å². The van der Waals surface area contributed by atoms with Gasteiger partial charge in [-0.25, -0.2) is 4.79 Å². The molecule has 0 atom stereocenters. The molecule has 2 rings (SSSR count). The first kappa shape index (κ1) is 12.5. The minimum Gasteiger partial charge on any atom is -0.482 e. The van der Waals surface area contributed by atoms with Gasteiger partial charge >= 0.3 is 5.97 Å². The van der Waals surface area contributed by atoms with Crippen LogP contribution in [0.5, 0.6) is 5.75 Å². The lowest BCUT2D eigenvalue weighted by atomic mass is 10.2. The van der Waals surface area contributed by atoms with Crippen LogP contribution < -0.4 is 15.8 Å². The summed E-state index contributed by atoms with van der Waals surface area (Å²) in [6, 6.07) is 5.93. The third-order valence-electron chi connectivity index (χ3n) is 2.62. The second-order valence-electron chi connectivity index (χ2n) is 4.26. The predicted molar refractivity (Wildman–Crippen MR) is 69.6 cm³/mol. The summed E-state index contributed by atoms with van der Waals surface area (Å²) in [5.74, 6) is 0.193. The van der Waals surface area contributed by atoms with E-state index in [9.17, 15) is 4.79 Å². The zero-order valence-electron chi connectivity index (χ0n) is 10.4. The zero-order valence-corrected chi connectivity index (χ0v) is 10.4. The van der Waals surface area contributed by atoms with Crippen LogP contribution in [0.2, 0.25) is 0 Å². The van der Waals surface area contributed by atoms with E-state index in [1.54, 1.807) is 19.1 Å². The Hall–Kier alpha value is -1.91. The fourth-order valence-electron chi connectivity index (χ4n) is 1.55. The molecule has 1 aliphatic rings. The Labute approximate surface area is 106 Å². The van der Waals surface area contributed by atoms with Crippen LogP contribution in [0, 0.1) is 0 Å². The highest BCUT2D eigenvalue weighted by molar-refractivity contribution is 5.72. The monoisotopic (exact) mass is 250 g/mol. The Morgan fingerprint density at radius 2 is 2.28 bits per heavy atom. The predicted octanol–water partition coefficient (Wildman–Crippen LogP) is 1.78. The lowest BCUT2D eigenvalue weighted by molar-refractivity contribution is -0.145. The zero-order chi connectivity index (χ0) is 13.0. The highest BCUT2D eigenvalue weighted by atomic mass is 16.6. The van der Waals surface area contributed by atoms with Crippen LogP contribution in [0.15, 0.2) is 18.2 Å². The van der Waals surface area contributed by atoms with E-state index in [-0.39, 0.29) is 12.6 Å². The number of nitrogens with one attached hydrogen (secondary N) is 1. The fraction of sp³-hybridized carbons (Fsp3) is 0.462. The lowest BCUT2D eigenvalue weighted by Crippen LogP contribution is -2.14. The molecule has 0 amide bonds. The number of hydrogen-bond donors (Lipinski definition) is 2. The summed E-state index contributed by atoms with van der Waals surface area (Å²) in [5.41, 5.74) is 7.45. The molecule has 3 N–H and O–H groups in total. The van der Waals surface area contributed by atoms with Crippen molar-refractivity contribution in [2.24, 2.45) is 0 Å². The van der Waals surface area contributed by atoms with Crippen LogP contribution in [0.4, 0.5) is 11.4 Å². The highest BCUT2D eigenvalue weighted by Crippen LogP contribution is 2.30. The quantitative estimate of drug-likeness (QED) is 0.594. The van der Waals surface area contributed by atoms with Crippen LogP contribution in [0.25, 0.3) is 0 Å². The van der Waals surface area contributed by atoms with Gasteiger partial charge in [-0.05, 0) is 31.9 Å². The van der Waals surface area contributed by atoms with E-state index >= 15 is 0 Å². The van der Waals surface area contributed by atoms with E-state index in [2.05, 4.69) is 5.32 Å². The largest absolute Gasteiger partial charge is 0.482 e. The number of carbonyl (C=O) groups excluding carboxylic acids is 1. The summed E-state index contributed by atoms with van der Waals surface area (Å²) in [5, 5.41) is 3.32. The molecular formula is C13H18N2O3. The molecule has 1 saturated carbocycles. The van der Waals surface area contributed by atoms with Gasteiger partial charge in [0.15, 0.2) is 6.61 Å². The second kappa shape index (κ2) is 5.62. The van der Waals surface area contributed by atoms with Crippen molar-refractivity contribution in [2.75, 3.05) is 24.3 Å². The molecule has 18 heavy (non-hydrogen) atoms. The first-order valence-electron chi connectivity index (χ1n) is 6.13. The number of nitrogens with two attached hydrogens (primary N) is 1. The molecule has 0 radical (unpaired) electrons. The normalized spacial score (nSPS) is 14.1. The minimum absolute atomic E-state index is 0.0946. The number of hydrogen-bond acceptors (Lipinski definition) is 5. The molecule has 0 aromatic heterocycles. The molecule has 0 aliphatic heterocycles. The van der Waals surface area contributed by atoms with Gasteiger partial charge < -0.3 is 20.5 Å². The minimum atomic E-state index is -0.378. The van der Waals surface area contributed by atoms with Crippen molar-refractivity contribution in [3.05, 3.63) is 18.2 Å². The lowest BCUT2D eigenvalue weighted by Gasteiger charge is -2.11. The maximum absolute atomic E-state index is 11.1. The average Bonchev–Trinajstić information content (AvgIpc) is 3.14. The molecule has 0 bridgehead atoms. The number of anilines is 2. The van der Waals surface area contributed by atoms with Crippen LogP contribution in [0.3, 0.4) is 0 Å². The number of ether oxygens (including phenoxy) is 2. The fourth-order valence-corrected chi connectivity index (χ4v) is 1.55. The second-order valence-corrected chi connectivity index (χ2v) is 4.26. The molecule has 1 fully saturated rings. The van der Waals surface area contributed by atoms with Crippen molar-refractivity contribution >= 4 is 17.3 Å². The van der Waals surface area contributed by atoms with Crippen LogP contribution in [-0.2, 0) is 9.53 Å². The van der Waals surface area contributed by atoms with Crippen molar-refractivity contribution < 1.29 is 14.3 Å². The van der Waals surface area contributed by atoms with Crippen LogP contribution >= 0.6 is 0 Å². The molecule has 1 aromatic rings. The molecule has 1 aliphatic carbocycles. The Bertz CT molecular complexity index is 430. The standard InChI is InChI=1S/C13H18N2O3/c1-2-17-13(16)8-18-10-5-6-12(11(14)7-10)15-9-3-4-9/h5-7,9,15H,2-4,8,14H2,1H3. The van der Waals surface area contributed by atoms with Crippen molar-refractivity contribution in [1.82, 2.24) is 0 Å². The number of rotatable bonds is 6. The first-order valence-corrected chi connectivity index (χ1v) is 6.13. The third-order valence-corrected chi connectivity index (χ3v) is 2.62. The molecule has 5 heteroatoms.